The molecule has 0 amide bonds. The Kier molecular flexibility index (Phi) is 1.17. The van der Waals surface area contributed by atoms with Crippen LogP contribution in [0.25, 0.3) is 0 Å². The lowest BCUT2D eigenvalue weighted by Gasteiger charge is -2.32. The van der Waals surface area contributed by atoms with E-state index in [9.17, 15) is 5.11 Å². The largest absolute Gasteiger partial charge is 0.393 e. The smallest absolute Gasteiger partial charge is 0.0868 e. The summed E-state index contributed by atoms with van der Waals surface area (Å²) in [5, 5.41) is 9.34. The number of hydrogen-bond acceptors (Lipinski definition) is 2. The highest BCUT2D eigenvalue weighted by Gasteiger charge is 2.38. The van der Waals surface area contributed by atoms with Gasteiger partial charge in [0.05, 0.1) is 17.8 Å². The fourth-order valence-corrected chi connectivity index (χ4v) is 1.80. The third-order valence-corrected chi connectivity index (χ3v) is 2.23. The van der Waals surface area contributed by atoms with Gasteiger partial charge in [-0.2, -0.15) is 0 Å². The lowest BCUT2D eigenvalue weighted by Crippen LogP contribution is -2.37. The second-order valence-corrected chi connectivity index (χ2v) is 3.42. The molecular weight excluding hydrogens is 128 g/mol. The molecule has 2 bridgehead atoms. The van der Waals surface area contributed by atoms with Gasteiger partial charge in [-0.3, -0.25) is 0 Å². The van der Waals surface area contributed by atoms with Crippen molar-refractivity contribution in [3.05, 3.63) is 12.2 Å². The van der Waals surface area contributed by atoms with Crippen LogP contribution in [-0.4, -0.2) is 22.9 Å². The molecule has 2 aliphatic rings. The molecule has 3 unspecified atom stereocenters. The van der Waals surface area contributed by atoms with Gasteiger partial charge in [0.25, 0.3) is 0 Å². The Balaban J connectivity index is 2.19. The molecule has 1 fully saturated rings. The summed E-state index contributed by atoms with van der Waals surface area (Å²) in [6, 6.07) is 0. The number of fused-ring (bicyclic) bond motifs is 2. The van der Waals surface area contributed by atoms with Crippen LogP contribution >= 0.6 is 0 Å². The minimum absolute atomic E-state index is 0.164. The third kappa shape index (κ3) is 0.879. The molecule has 0 aromatic rings. The Morgan fingerprint density at radius 1 is 1.70 bits per heavy atom. The fourth-order valence-electron chi connectivity index (χ4n) is 1.80. The Morgan fingerprint density at radius 3 is 3.20 bits per heavy atom. The van der Waals surface area contributed by atoms with Gasteiger partial charge in [0.2, 0.25) is 0 Å². The van der Waals surface area contributed by atoms with E-state index in [1.807, 2.05) is 6.92 Å². The molecule has 10 heavy (non-hydrogen) atoms. The van der Waals surface area contributed by atoms with Crippen LogP contribution in [0.5, 0.6) is 0 Å². The molecule has 0 spiro atoms. The summed E-state index contributed by atoms with van der Waals surface area (Å²) >= 11 is 0. The minimum Gasteiger partial charge on any atom is -0.393 e. The lowest BCUT2D eigenvalue weighted by molar-refractivity contribution is -0.0944. The molecule has 0 aromatic heterocycles. The zero-order chi connectivity index (χ0) is 7.19. The van der Waals surface area contributed by atoms with E-state index in [1.54, 1.807) is 0 Å². The number of ether oxygens (including phenoxy) is 1. The molecule has 2 heterocycles. The van der Waals surface area contributed by atoms with Crippen molar-refractivity contribution in [3.63, 3.8) is 0 Å². The van der Waals surface area contributed by atoms with E-state index < -0.39 is 0 Å². The predicted molar refractivity (Wildman–Crippen MR) is 37.7 cm³/mol. The molecule has 1 N–H and O–H groups in total. The van der Waals surface area contributed by atoms with Crippen LogP contribution in [0.3, 0.4) is 0 Å². The van der Waals surface area contributed by atoms with Gasteiger partial charge in [-0.25, -0.2) is 0 Å². The molecule has 2 rings (SSSR count). The standard InChI is InChI=1S/C8H12O2/c1-8-3-2-7(10-8)4-6(9)5-8/h2-3,6-7,9H,4-5H2,1H3. The number of hydrogen-bond donors (Lipinski definition) is 1. The first-order valence-electron chi connectivity index (χ1n) is 3.73. The van der Waals surface area contributed by atoms with Gasteiger partial charge in [-0.05, 0) is 6.92 Å². The van der Waals surface area contributed by atoms with Crippen molar-refractivity contribution in [3.8, 4) is 0 Å². The van der Waals surface area contributed by atoms with Crippen LogP contribution in [0.1, 0.15) is 19.8 Å². The Hall–Kier alpha value is -0.340. The first-order valence-corrected chi connectivity index (χ1v) is 3.73. The molecule has 0 radical (unpaired) electrons. The predicted octanol–water partition coefficient (Wildman–Crippen LogP) is 0.855. The molecule has 0 aliphatic carbocycles. The van der Waals surface area contributed by atoms with Crippen LogP contribution < -0.4 is 0 Å². The lowest BCUT2D eigenvalue weighted by atomic mass is 9.96. The average Bonchev–Trinajstić information content (AvgIpc) is 2.06. The van der Waals surface area contributed by atoms with Crippen molar-refractivity contribution >= 4 is 0 Å². The first kappa shape index (κ1) is 6.38. The number of rotatable bonds is 0. The van der Waals surface area contributed by atoms with Crippen LogP contribution in [0.2, 0.25) is 0 Å². The summed E-state index contributed by atoms with van der Waals surface area (Å²) in [5.74, 6) is 0. The van der Waals surface area contributed by atoms with Gasteiger partial charge in [0.1, 0.15) is 0 Å². The van der Waals surface area contributed by atoms with E-state index in [1.165, 1.54) is 0 Å². The van der Waals surface area contributed by atoms with Crippen molar-refractivity contribution < 1.29 is 9.84 Å². The summed E-state index contributed by atoms with van der Waals surface area (Å²) in [6.45, 7) is 2.02. The molecule has 0 aromatic carbocycles. The first-order chi connectivity index (χ1) is 4.68. The summed E-state index contributed by atoms with van der Waals surface area (Å²) in [4.78, 5) is 0. The number of aliphatic hydroxyl groups excluding tert-OH is 1. The molecule has 1 saturated heterocycles. The van der Waals surface area contributed by atoms with Crippen molar-refractivity contribution in [2.45, 2.75) is 37.6 Å². The molecule has 0 saturated carbocycles. The molecule has 2 nitrogen and oxygen atoms in total. The van der Waals surface area contributed by atoms with Gasteiger partial charge < -0.3 is 9.84 Å². The van der Waals surface area contributed by atoms with E-state index in [0.717, 1.165) is 12.8 Å². The maximum absolute atomic E-state index is 9.34. The van der Waals surface area contributed by atoms with E-state index in [0.29, 0.717) is 0 Å². The normalized spacial score (nSPS) is 51.8. The second kappa shape index (κ2) is 1.83. The highest BCUT2D eigenvalue weighted by atomic mass is 16.5. The van der Waals surface area contributed by atoms with Crippen molar-refractivity contribution in [2.75, 3.05) is 0 Å². The van der Waals surface area contributed by atoms with Crippen LogP contribution in [0.15, 0.2) is 12.2 Å². The maximum Gasteiger partial charge on any atom is 0.0868 e. The highest BCUT2D eigenvalue weighted by molar-refractivity contribution is 5.13. The van der Waals surface area contributed by atoms with Crippen LogP contribution in [0, 0.1) is 0 Å². The maximum atomic E-state index is 9.34. The minimum atomic E-state index is -0.168. The molecule has 56 valence electrons. The van der Waals surface area contributed by atoms with Gasteiger partial charge in [-0.1, -0.05) is 12.2 Å². The van der Waals surface area contributed by atoms with E-state index in [4.69, 9.17) is 4.74 Å². The molecular formula is C8H12O2. The Bertz CT molecular complexity index is 176. The van der Waals surface area contributed by atoms with Crippen molar-refractivity contribution in [1.82, 2.24) is 0 Å². The fraction of sp³-hybridized carbons (Fsp3) is 0.750. The average molecular weight is 140 g/mol. The van der Waals surface area contributed by atoms with Crippen molar-refractivity contribution in [2.24, 2.45) is 0 Å². The SMILES string of the molecule is CC12C=CC(CC(O)C1)O2. The summed E-state index contributed by atoms with van der Waals surface area (Å²) in [7, 11) is 0. The summed E-state index contributed by atoms with van der Waals surface area (Å²) < 4.78 is 5.58. The third-order valence-electron chi connectivity index (χ3n) is 2.23. The number of aliphatic hydroxyl groups is 1. The molecule has 2 aliphatic heterocycles. The molecule has 3 atom stereocenters. The molecule has 2 heteroatoms. The van der Waals surface area contributed by atoms with Crippen LogP contribution in [0.4, 0.5) is 0 Å². The van der Waals surface area contributed by atoms with E-state index in [-0.39, 0.29) is 17.8 Å². The second-order valence-electron chi connectivity index (χ2n) is 3.42. The van der Waals surface area contributed by atoms with E-state index >= 15 is 0 Å². The Morgan fingerprint density at radius 2 is 2.50 bits per heavy atom. The monoisotopic (exact) mass is 140 g/mol. The Labute approximate surface area is 60.5 Å². The summed E-state index contributed by atoms with van der Waals surface area (Å²) in [5.41, 5.74) is -0.164. The summed E-state index contributed by atoms with van der Waals surface area (Å²) in [6.07, 6.45) is 5.64. The zero-order valence-electron chi connectivity index (χ0n) is 6.08. The van der Waals surface area contributed by atoms with Gasteiger partial charge >= 0.3 is 0 Å². The van der Waals surface area contributed by atoms with Crippen molar-refractivity contribution in [1.29, 1.82) is 0 Å². The van der Waals surface area contributed by atoms with E-state index in [2.05, 4.69) is 12.2 Å². The van der Waals surface area contributed by atoms with Gasteiger partial charge in [0.15, 0.2) is 0 Å². The van der Waals surface area contributed by atoms with Gasteiger partial charge in [-0.15, -0.1) is 0 Å². The quantitative estimate of drug-likeness (QED) is 0.505. The highest BCUT2D eigenvalue weighted by Crippen LogP contribution is 2.35. The zero-order valence-corrected chi connectivity index (χ0v) is 6.08. The van der Waals surface area contributed by atoms with Gasteiger partial charge in [0, 0.05) is 12.8 Å². The van der Waals surface area contributed by atoms with Crippen LogP contribution in [-0.2, 0) is 4.74 Å². The topological polar surface area (TPSA) is 29.5 Å².